The second-order valence-electron chi connectivity index (χ2n) is 5.33. The SMILES string of the molecule is CN(C)C=Nc1ncc(C(=O)c2ccc(-c3ccc(Cl)cc3Cl)o2)s1. The van der Waals surface area contributed by atoms with E-state index in [9.17, 15) is 4.79 Å². The summed E-state index contributed by atoms with van der Waals surface area (Å²) in [6, 6.07) is 8.41. The molecule has 0 saturated carbocycles. The number of thiazole rings is 1. The van der Waals surface area contributed by atoms with E-state index in [4.69, 9.17) is 27.6 Å². The minimum Gasteiger partial charge on any atom is -0.453 e. The van der Waals surface area contributed by atoms with Gasteiger partial charge in [0.15, 0.2) is 5.76 Å². The molecule has 1 aromatic carbocycles. The highest BCUT2D eigenvalue weighted by molar-refractivity contribution is 7.17. The minimum absolute atomic E-state index is 0.216. The molecule has 0 atom stereocenters. The summed E-state index contributed by atoms with van der Waals surface area (Å²) in [4.78, 5) is 23.1. The molecule has 0 amide bonds. The standard InChI is InChI=1S/C17H13Cl2N3O2S/c1-22(2)9-21-17-20-8-15(25-17)16(23)14-6-5-13(24-14)11-4-3-10(18)7-12(11)19/h3-9H,1-2H3. The quantitative estimate of drug-likeness (QED) is 0.341. The first kappa shape index (κ1) is 17.7. The van der Waals surface area contributed by atoms with Gasteiger partial charge in [-0.1, -0.05) is 34.5 Å². The molecular weight excluding hydrogens is 381 g/mol. The van der Waals surface area contributed by atoms with Gasteiger partial charge in [0.2, 0.25) is 10.9 Å². The van der Waals surface area contributed by atoms with Gasteiger partial charge in [-0.3, -0.25) is 4.79 Å². The van der Waals surface area contributed by atoms with Crippen molar-refractivity contribution in [2.75, 3.05) is 14.1 Å². The zero-order chi connectivity index (χ0) is 18.0. The van der Waals surface area contributed by atoms with Crippen LogP contribution in [0.1, 0.15) is 15.4 Å². The van der Waals surface area contributed by atoms with Crippen molar-refractivity contribution < 1.29 is 9.21 Å². The van der Waals surface area contributed by atoms with E-state index >= 15 is 0 Å². The maximum atomic E-state index is 12.5. The van der Waals surface area contributed by atoms with Crippen molar-refractivity contribution >= 4 is 51.8 Å². The molecule has 3 aromatic rings. The number of benzene rings is 1. The van der Waals surface area contributed by atoms with E-state index in [1.54, 1.807) is 41.6 Å². The fourth-order valence-electron chi connectivity index (χ4n) is 2.01. The monoisotopic (exact) mass is 393 g/mol. The molecular formula is C17H13Cl2N3O2S. The molecule has 2 aromatic heterocycles. The number of hydrogen-bond donors (Lipinski definition) is 0. The molecule has 0 aliphatic carbocycles. The Balaban J connectivity index is 1.83. The fourth-order valence-corrected chi connectivity index (χ4v) is 3.21. The van der Waals surface area contributed by atoms with Crippen LogP contribution in [0.4, 0.5) is 5.13 Å². The van der Waals surface area contributed by atoms with E-state index in [1.165, 1.54) is 17.5 Å². The molecule has 2 heterocycles. The van der Waals surface area contributed by atoms with Crippen LogP contribution in [0.15, 0.2) is 45.9 Å². The van der Waals surface area contributed by atoms with E-state index in [1.807, 2.05) is 14.1 Å². The maximum absolute atomic E-state index is 12.5. The molecule has 25 heavy (non-hydrogen) atoms. The summed E-state index contributed by atoms with van der Waals surface area (Å²) in [5.74, 6) is 0.466. The van der Waals surface area contributed by atoms with Gasteiger partial charge in [0.05, 0.1) is 17.6 Å². The van der Waals surface area contributed by atoms with Crippen molar-refractivity contribution in [2.45, 2.75) is 0 Å². The van der Waals surface area contributed by atoms with Gasteiger partial charge in [-0.25, -0.2) is 9.98 Å². The summed E-state index contributed by atoms with van der Waals surface area (Å²) in [6.07, 6.45) is 3.12. The number of aliphatic imine (C=N–C) groups is 1. The second kappa shape index (κ2) is 7.39. The van der Waals surface area contributed by atoms with Crippen molar-refractivity contribution in [1.82, 2.24) is 9.88 Å². The van der Waals surface area contributed by atoms with E-state index in [2.05, 4.69) is 9.98 Å². The number of carbonyl (C=O) groups excluding carboxylic acids is 1. The number of carbonyl (C=O) groups is 1. The Morgan fingerprint density at radius 2 is 2.08 bits per heavy atom. The van der Waals surface area contributed by atoms with E-state index in [0.29, 0.717) is 31.4 Å². The lowest BCUT2D eigenvalue weighted by molar-refractivity contribution is 0.101. The number of furan rings is 1. The molecule has 0 spiro atoms. The number of aromatic nitrogens is 1. The summed E-state index contributed by atoms with van der Waals surface area (Å²) in [6.45, 7) is 0. The summed E-state index contributed by atoms with van der Waals surface area (Å²) in [7, 11) is 3.71. The van der Waals surface area contributed by atoms with Crippen molar-refractivity contribution in [3.05, 3.63) is 57.2 Å². The maximum Gasteiger partial charge on any atom is 0.239 e. The van der Waals surface area contributed by atoms with Gasteiger partial charge < -0.3 is 9.32 Å². The fraction of sp³-hybridized carbons (Fsp3) is 0.118. The Morgan fingerprint density at radius 1 is 1.28 bits per heavy atom. The number of rotatable bonds is 5. The molecule has 0 aliphatic heterocycles. The van der Waals surface area contributed by atoms with Gasteiger partial charge in [0, 0.05) is 24.7 Å². The molecule has 0 aliphatic rings. The molecule has 0 saturated heterocycles. The van der Waals surface area contributed by atoms with Gasteiger partial charge >= 0.3 is 0 Å². The Labute approximate surface area is 158 Å². The van der Waals surface area contributed by atoms with Crippen LogP contribution in [0, 0.1) is 0 Å². The van der Waals surface area contributed by atoms with E-state index in [-0.39, 0.29) is 11.5 Å². The lowest BCUT2D eigenvalue weighted by atomic mass is 10.2. The van der Waals surface area contributed by atoms with Crippen LogP contribution < -0.4 is 0 Å². The number of hydrogen-bond acceptors (Lipinski definition) is 5. The topological polar surface area (TPSA) is 58.7 Å². The largest absolute Gasteiger partial charge is 0.453 e. The molecule has 128 valence electrons. The van der Waals surface area contributed by atoms with Crippen LogP contribution in [0.5, 0.6) is 0 Å². The van der Waals surface area contributed by atoms with Gasteiger partial charge in [-0.15, -0.1) is 0 Å². The smallest absolute Gasteiger partial charge is 0.239 e. The van der Waals surface area contributed by atoms with Crippen molar-refractivity contribution in [2.24, 2.45) is 4.99 Å². The normalized spacial score (nSPS) is 11.2. The van der Waals surface area contributed by atoms with Gasteiger partial charge in [-0.05, 0) is 30.3 Å². The first-order valence-electron chi connectivity index (χ1n) is 7.20. The minimum atomic E-state index is -0.250. The third-order valence-corrected chi connectivity index (χ3v) is 4.59. The highest BCUT2D eigenvalue weighted by Crippen LogP contribution is 2.32. The third-order valence-electron chi connectivity index (χ3n) is 3.14. The summed E-state index contributed by atoms with van der Waals surface area (Å²) >= 11 is 13.3. The first-order valence-corrected chi connectivity index (χ1v) is 8.77. The molecule has 0 unspecified atom stereocenters. The van der Waals surface area contributed by atoms with E-state index < -0.39 is 0 Å². The van der Waals surface area contributed by atoms with Gasteiger partial charge in [-0.2, -0.15) is 0 Å². The number of ketones is 1. The zero-order valence-electron chi connectivity index (χ0n) is 13.4. The average molecular weight is 394 g/mol. The van der Waals surface area contributed by atoms with Crippen LogP contribution in [-0.4, -0.2) is 36.1 Å². The third kappa shape index (κ3) is 4.10. The van der Waals surface area contributed by atoms with Crippen LogP contribution >= 0.6 is 34.5 Å². The molecule has 3 rings (SSSR count). The Hall–Kier alpha value is -2.15. The predicted molar refractivity (Wildman–Crippen MR) is 102 cm³/mol. The average Bonchev–Trinajstić information content (AvgIpc) is 3.22. The number of halogens is 2. The Bertz CT molecular complexity index is 947. The summed E-state index contributed by atoms with van der Waals surface area (Å²) < 4.78 is 5.67. The summed E-state index contributed by atoms with van der Waals surface area (Å²) in [5.41, 5.74) is 0.672. The molecule has 0 fully saturated rings. The van der Waals surface area contributed by atoms with Crippen molar-refractivity contribution in [1.29, 1.82) is 0 Å². The molecule has 8 heteroatoms. The van der Waals surface area contributed by atoms with Gasteiger partial charge in [0.25, 0.3) is 0 Å². The van der Waals surface area contributed by atoms with Crippen molar-refractivity contribution in [3.63, 3.8) is 0 Å². The molecule has 0 bridgehead atoms. The van der Waals surface area contributed by atoms with Gasteiger partial charge in [0.1, 0.15) is 10.6 Å². The van der Waals surface area contributed by atoms with Crippen molar-refractivity contribution in [3.8, 4) is 11.3 Å². The van der Waals surface area contributed by atoms with E-state index in [0.717, 1.165) is 0 Å². The van der Waals surface area contributed by atoms with Crippen LogP contribution in [0.25, 0.3) is 11.3 Å². The van der Waals surface area contributed by atoms with Crippen LogP contribution in [0.3, 0.4) is 0 Å². The zero-order valence-corrected chi connectivity index (χ0v) is 15.7. The molecule has 5 nitrogen and oxygen atoms in total. The van der Waals surface area contributed by atoms with Crippen LogP contribution in [0.2, 0.25) is 10.0 Å². The highest BCUT2D eigenvalue weighted by Gasteiger charge is 2.18. The Kier molecular flexibility index (Phi) is 5.22. The predicted octanol–water partition coefficient (Wildman–Crippen LogP) is 5.16. The second-order valence-corrected chi connectivity index (χ2v) is 7.19. The first-order chi connectivity index (χ1) is 11.9. The molecule has 0 N–H and O–H groups in total. The number of nitrogens with zero attached hydrogens (tertiary/aromatic N) is 3. The summed E-state index contributed by atoms with van der Waals surface area (Å²) in [5, 5.41) is 1.50. The molecule has 0 radical (unpaired) electrons. The lowest BCUT2D eigenvalue weighted by Crippen LogP contribution is -2.06. The lowest BCUT2D eigenvalue weighted by Gasteiger charge is -2.01. The highest BCUT2D eigenvalue weighted by atomic mass is 35.5. The van der Waals surface area contributed by atoms with Crippen LogP contribution in [-0.2, 0) is 0 Å². The Morgan fingerprint density at radius 3 is 2.80 bits per heavy atom.